The van der Waals surface area contributed by atoms with Crippen molar-refractivity contribution in [3.63, 3.8) is 0 Å². The van der Waals surface area contributed by atoms with Crippen molar-refractivity contribution in [2.45, 2.75) is 26.3 Å². The van der Waals surface area contributed by atoms with Gasteiger partial charge in [0, 0.05) is 12.2 Å². The highest BCUT2D eigenvalue weighted by atomic mass is 19.1. The average molecular weight is 267 g/mol. The van der Waals surface area contributed by atoms with Gasteiger partial charge >= 0.3 is 6.03 Å². The largest absolute Gasteiger partial charge is 0.354 e. The molecular formula is C13H18FN3O2. The number of halogens is 1. The molecule has 0 spiro atoms. The predicted molar refractivity (Wildman–Crippen MR) is 71.3 cm³/mol. The molecule has 6 heteroatoms. The maximum absolute atomic E-state index is 12.7. The first-order chi connectivity index (χ1) is 9.02. The Morgan fingerprint density at radius 1 is 1.26 bits per heavy atom. The van der Waals surface area contributed by atoms with Crippen LogP contribution in [0.5, 0.6) is 0 Å². The molecule has 0 unspecified atom stereocenters. The first-order valence-corrected chi connectivity index (χ1v) is 6.13. The quantitative estimate of drug-likeness (QED) is 0.762. The van der Waals surface area contributed by atoms with Crippen LogP contribution in [0.4, 0.5) is 14.9 Å². The summed E-state index contributed by atoms with van der Waals surface area (Å²) in [6.45, 7) is 4.11. The standard InChI is InChI=1S/C13H18FN3O2/c1-3-8-15-12(18)9(2)16-13(19)17-11-6-4-10(14)5-7-11/h4-7,9H,3,8H2,1-2H3,(H,15,18)(H2,16,17,19)/t9-/m1/s1. The Morgan fingerprint density at radius 3 is 2.47 bits per heavy atom. The fourth-order valence-corrected chi connectivity index (χ4v) is 1.36. The molecular weight excluding hydrogens is 249 g/mol. The van der Waals surface area contributed by atoms with Crippen molar-refractivity contribution >= 4 is 17.6 Å². The lowest BCUT2D eigenvalue weighted by atomic mass is 10.3. The van der Waals surface area contributed by atoms with E-state index in [2.05, 4.69) is 16.0 Å². The smallest absolute Gasteiger partial charge is 0.319 e. The molecule has 3 amide bonds. The molecule has 0 aliphatic carbocycles. The molecule has 104 valence electrons. The second-order valence-electron chi connectivity index (χ2n) is 4.12. The number of nitrogens with one attached hydrogen (secondary N) is 3. The lowest BCUT2D eigenvalue weighted by molar-refractivity contribution is -0.122. The van der Waals surface area contributed by atoms with E-state index in [-0.39, 0.29) is 11.7 Å². The van der Waals surface area contributed by atoms with E-state index in [1.807, 2.05) is 6.92 Å². The van der Waals surface area contributed by atoms with Gasteiger partial charge in [0.25, 0.3) is 0 Å². The number of hydrogen-bond acceptors (Lipinski definition) is 2. The molecule has 19 heavy (non-hydrogen) atoms. The van der Waals surface area contributed by atoms with Crippen LogP contribution in [0.2, 0.25) is 0 Å². The Kier molecular flexibility index (Phi) is 5.78. The second kappa shape index (κ2) is 7.35. The van der Waals surface area contributed by atoms with Gasteiger partial charge in [-0.2, -0.15) is 0 Å². The van der Waals surface area contributed by atoms with E-state index in [9.17, 15) is 14.0 Å². The van der Waals surface area contributed by atoms with Gasteiger partial charge in [-0.25, -0.2) is 9.18 Å². The minimum absolute atomic E-state index is 0.240. The zero-order valence-electron chi connectivity index (χ0n) is 11.0. The van der Waals surface area contributed by atoms with E-state index in [1.165, 1.54) is 24.3 Å². The summed E-state index contributed by atoms with van der Waals surface area (Å²) in [5, 5.41) is 7.69. The highest BCUT2D eigenvalue weighted by Crippen LogP contribution is 2.07. The fraction of sp³-hybridized carbons (Fsp3) is 0.385. The Labute approximate surface area is 111 Å². The van der Waals surface area contributed by atoms with Gasteiger partial charge < -0.3 is 16.0 Å². The van der Waals surface area contributed by atoms with Crippen molar-refractivity contribution in [2.24, 2.45) is 0 Å². The van der Waals surface area contributed by atoms with Crippen molar-refractivity contribution in [3.05, 3.63) is 30.1 Å². The average Bonchev–Trinajstić information content (AvgIpc) is 2.38. The summed E-state index contributed by atoms with van der Waals surface area (Å²) < 4.78 is 12.7. The molecule has 0 radical (unpaired) electrons. The van der Waals surface area contributed by atoms with Crippen LogP contribution in [-0.2, 0) is 4.79 Å². The molecule has 5 nitrogen and oxygen atoms in total. The molecule has 1 atom stereocenters. The van der Waals surface area contributed by atoms with Crippen molar-refractivity contribution in [1.29, 1.82) is 0 Å². The van der Waals surface area contributed by atoms with E-state index >= 15 is 0 Å². The SMILES string of the molecule is CCCNC(=O)[C@@H](C)NC(=O)Nc1ccc(F)cc1. The summed E-state index contributed by atoms with van der Waals surface area (Å²) in [7, 11) is 0. The third-order valence-corrected chi connectivity index (χ3v) is 2.39. The van der Waals surface area contributed by atoms with Gasteiger partial charge in [-0.15, -0.1) is 0 Å². The van der Waals surface area contributed by atoms with Gasteiger partial charge in [-0.3, -0.25) is 4.79 Å². The predicted octanol–water partition coefficient (Wildman–Crippen LogP) is 1.86. The molecule has 0 saturated carbocycles. The Bertz CT molecular complexity index is 434. The molecule has 3 N–H and O–H groups in total. The van der Waals surface area contributed by atoms with Crippen LogP contribution in [0.15, 0.2) is 24.3 Å². The number of hydrogen-bond donors (Lipinski definition) is 3. The first-order valence-electron chi connectivity index (χ1n) is 6.13. The van der Waals surface area contributed by atoms with Crippen molar-refractivity contribution in [2.75, 3.05) is 11.9 Å². The van der Waals surface area contributed by atoms with Gasteiger partial charge in [-0.1, -0.05) is 6.92 Å². The van der Waals surface area contributed by atoms with Crippen molar-refractivity contribution < 1.29 is 14.0 Å². The van der Waals surface area contributed by atoms with E-state index in [4.69, 9.17) is 0 Å². The minimum Gasteiger partial charge on any atom is -0.354 e. The number of carbonyl (C=O) groups is 2. The monoisotopic (exact) mass is 267 g/mol. The summed E-state index contributed by atoms with van der Waals surface area (Å²) in [6, 6.07) is 4.23. The van der Waals surface area contributed by atoms with E-state index in [0.717, 1.165) is 6.42 Å². The number of benzene rings is 1. The molecule has 0 fully saturated rings. The number of urea groups is 1. The lowest BCUT2D eigenvalue weighted by Crippen LogP contribution is -2.46. The van der Waals surface area contributed by atoms with Gasteiger partial charge in [0.15, 0.2) is 0 Å². The second-order valence-corrected chi connectivity index (χ2v) is 4.12. The zero-order chi connectivity index (χ0) is 14.3. The number of anilines is 1. The normalized spacial score (nSPS) is 11.5. The van der Waals surface area contributed by atoms with Crippen LogP contribution >= 0.6 is 0 Å². The highest BCUT2D eigenvalue weighted by molar-refractivity contribution is 5.93. The maximum atomic E-state index is 12.7. The summed E-state index contributed by atoms with van der Waals surface area (Å²) in [4.78, 5) is 23.1. The van der Waals surface area contributed by atoms with Crippen LogP contribution in [0.25, 0.3) is 0 Å². The summed E-state index contributed by atoms with van der Waals surface area (Å²) in [5.74, 6) is -0.616. The molecule has 0 bridgehead atoms. The van der Waals surface area contributed by atoms with Crippen LogP contribution < -0.4 is 16.0 Å². The van der Waals surface area contributed by atoms with Gasteiger partial charge in [0.2, 0.25) is 5.91 Å². The van der Waals surface area contributed by atoms with Crippen LogP contribution in [0.1, 0.15) is 20.3 Å². The minimum atomic E-state index is -0.632. The van der Waals surface area contributed by atoms with Crippen LogP contribution in [0, 0.1) is 5.82 Å². The third kappa shape index (κ3) is 5.37. The molecule has 0 aliphatic heterocycles. The molecule has 0 aliphatic rings. The van der Waals surface area contributed by atoms with E-state index in [1.54, 1.807) is 6.92 Å². The lowest BCUT2D eigenvalue weighted by Gasteiger charge is -2.14. The van der Waals surface area contributed by atoms with E-state index < -0.39 is 12.1 Å². The van der Waals surface area contributed by atoms with Gasteiger partial charge in [0.1, 0.15) is 11.9 Å². The van der Waals surface area contributed by atoms with Crippen molar-refractivity contribution in [1.82, 2.24) is 10.6 Å². The van der Waals surface area contributed by atoms with Crippen LogP contribution in [0.3, 0.4) is 0 Å². The maximum Gasteiger partial charge on any atom is 0.319 e. The first kappa shape index (κ1) is 14.9. The molecule has 1 aromatic carbocycles. The third-order valence-electron chi connectivity index (χ3n) is 2.39. The van der Waals surface area contributed by atoms with Crippen molar-refractivity contribution in [3.8, 4) is 0 Å². The van der Waals surface area contributed by atoms with E-state index in [0.29, 0.717) is 12.2 Å². The molecule has 0 aromatic heterocycles. The zero-order valence-corrected chi connectivity index (χ0v) is 11.0. The molecule has 0 heterocycles. The Morgan fingerprint density at radius 2 is 1.89 bits per heavy atom. The number of amides is 3. The molecule has 0 saturated heterocycles. The number of carbonyl (C=O) groups excluding carboxylic acids is 2. The number of rotatable bonds is 5. The molecule has 1 aromatic rings. The summed E-state index contributed by atoms with van der Waals surface area (Å²) >= 11 is 0. The highest BCUT2D eigenvalue weighted by Gasteiger charge is 2.14. The van der Waals surface area contributed by atoms with Crippen LogP contribution in [-0.4, -0.2) is 24.5 Å². The summed E-state index contributed by atoms with van der Waals surface area (Å²) in [6.07, 6.45) is 0.834. The molecule has 1 rings (SSSR count). The fourth-order valence-electron chi connectivity index (χ4n) is 1.36. The van der Waals surface area contributed by atoms with Gasteiger partial charge in [0.05, 0.1) is 0 Å². The topological polar surface area (TPSA) is 70.2 Å². The Balaban J connectivity index is 2.42. The van der Waals surface area contributed by atoms with Gasteiger partial charge in [-0.05, 0) is 37.6 Å². The Hall–Kier alpha value is -2.11. The summed E-state index contributed by atoms with van der Waals surface area (Å²) in [5.41, 5.74) is 0.458.